The van der Waals surface area contributed by atoms with Crippen molar-refractivity contribution < 1.29 is 8.42 Å². The number of benzene rings is 2. The topological polar surface area (TPSA) is 64.4 Å². The third-order valence-corrected chi connectivity index (χ3v) is 5.80. The summed E-state index contributed by atoms with van der Waals surface area (Å²) in [4.78, 5) is 2.34. The lowest BCUT2D eigenvalue weighted by atomic mass is 10.2. The molecule has 0 N–H and O–H groups in total. The lowest BCUT2D eigenvalue weighted by Crippen LogP contribution is -2.48. The largest absolute Gasteiger partial charge is 0.369 e. The zero-order valence-electron chi connectivity index (χ0n) is 12.5. The molecule has 2 aromatic carbocycles. The monoisotopic (exact) mass is 326 g/mol. The van der Waals surface area contributed by atoms with Crippen molar-refractivity contribution in [1.82, 2.24) is 4.31 Å². The number of rotatable bonds is 3. The van der Waals surface area contributed by atoms with Crippen molar-refractivity contribution in [3.05, 3.63) is 60.2 Å². The summed E-state index contributed by atoms with van der Waals surface area (Å²) in [5, 5.41) is 8.93. The second-order valence-corrected chi connectivity index (χ2v) is 7.23. The van der Waals surface area contributed by atoms with Gasteiger partial charge in [0.15, 0.2) is 0 Å². The van der Waals surface area contributed by atoms with Crippen molar-refractivity contribution in [3.63, 3.8) is 0 Å². The number of piperazine rings is 1. The van der Waals surface area contributed by atoms with Gasteiger partial charge in [0.25, 0.3) is 0 Å². The zero-order valence-corrected chi connectivity index (χ0v) is 13.3. The van der Waals surface area contributed by atoms with Gasteiger partial charge in [-0.05, 0) is 36.4 Å². The highest BCUT2D eigenvalue weighted by Gasteiger charge is 2.28. The SMILES string of the molecule is N#Cc1cccc(S(=O)(=O)N2CCN(c3cc[c]cc3)CC2)c1. The molecule has 2 aromatic rings. The van der Waals surface area contributed by atoms with Gasteiger partial charge in [0.05, 0.1) is 16.5 Å². The van der Waals surface area contributed by atoms with Crippen molar-refractivity contribution in [1.29, 1.82) is 5.26 Å². The average molecular weight is 326 g/mol. The van der Waals surface area contributed by atoms with E-state index in [2.05, 4.69) is 11.0 Å². The van der Waals surface area contributed by atoms with Crippen LogP contribution in [0.15, 0.2) is 53.4 Å². The van der Waals surface area contributed by atoms with Gasteiger partial charge in [0, 0.05) is 31.9 Å². The third-order valence-electron chi connectivity index (χ3n) is 3.91. The molecular formula is C17H16N3O2S. The van der Waals surface area contributed by atoms with Crippen LogP contribution in [-0.2, 0) is 10.0 Å². The van der Waals surface area contributed by atoms with Crippen LogP contribution in [0, 0.1) is 17.4 Å². The number of sulfonamides is 1. The first-order valence-corrected chi connectivity index (χ1v) is 8.76. The molecule has 0 atom stereocenters. The minimum Gasteiger partial charge on any atom is -0.369 e. The molecule has 23 heavy (non-hydrogen) atoms. The molecule has 5 nitrogen and oxygen atoms in total. The van der Waals surface area contributed by atoms with Gasteiger partial charge in [-0.15, -0.1) is 0 Å². The van der Waals surface area contributed by atoms with E-state index in [1.54, 1.807) is 12.1 Å². The van der Waals surface area contributed by atoms with E-state index in [-0.39, 0.29) is 4.90 Å². The Kier molecular flexibility index (Phi) is 4.33. The predicted octanol–water partition coefficient (Wildman–Crippen LogP) is 1.87. The van der Waals surface area contributed by atoms with E-state index in [0.29, 0.717) is 31.7 Å². The van der Waals surface area contributed by atoms with E-state index >= 15 is 0 Å². The molecule has 1 aliphatic heterocycles. The average Bonchev–Trinajstić information content (AvgIpc) is 2.62. The van der Waals surface area contributed by atoms with Gasteiger partial charge in [-0.1, -0.05) is 18.2 Å². The van der Waals surface area contributed by atoms with E-state index in [9.17, 15) is 8.42 Å². The van der Waals surface area contributed by atoms with Crippen LogP contribution in [0.4, 0.5) is 5.69 Å². The molecule has 0 bridgehead atoms. The summed E-state index contributed by atoms with van der Waals surface area (Å²) in [5.41, 5.74) is 1.43. The summed E-state index contributed by atoms with van der Waals surface area (Å²) < 4.78 is 26.9. The van der Waals surface area contributed by atoms with Gasteiger partial charge < -0.3 is 4.90 Å². The number of anilines is 1. The fraction of sp³-hybridized carbons (Fsp3) is 0.235. The minimum absolute atomic E-state index is 0.180. The molecule has 1 radical (unpaired) electrons. The molecule has 0 saturated carbocycles. The third kappa shape index (κ3) is 3.21. The van der Waals surface area contributed by atoms with Crippen molar-refractivity contribution in [3.8, 4) is 6.07 Å². The van der Waals surface area contributed by atoms with Crippen LogP contribution in [0.2, 0.25) is 0 Å². The molecule has 0 spiro atoms. The second kappa shape index (κ2) is 6.41. The Bertz CT molecular complexity index is 820. The first-order chi connectivity index (χ1) is 11.1. The minimum atomic E-state index is -3.55. The van der Waals surface area contributed by atoms with Crippen molar-refractivity contribution >= 4 is 15.7 Å². The maximum absolute atomic E-state index is 12.7. The van der Waals surface area contributed by atoms with E-state index in [1.807, 2.05) is 30.3 Å². The Morgan fingerprint density at radius 1 is 1.04 bits per heavy atom. The molecule has 1 heterocycles. The Labute approximate surface area is 136 Å². The van der Waals surface area contributed by atoms with Crippen LogP contribution in [-0.4, -0.2) is 38.9 Å². The number of hydrogen-bond acceptors (Lipinski definition) is 4. The molecule has 3 rings (SSSR count). The van der Waals surface area contributed by atoms with Gasteiger partial charge in [-0.2, -0.15) is 9.57 Å². The Balaban J connectivity index is 1.75. The smallest absolute Gasteiger partial charge is 0.243 e. The molecule has 0 amide bonds. The van der Waals surface area contributed by atoms with Crippen LogP contribution in [0.5, 0.6) is 0 Å². The molecule has 6 heteroatoms. The molecule has 0 aliphatic carbocycles. The first kappa shape index (κ1) is 15.5. The van der Waals surface area contributed by atoms with Crippen LogP contribution >= 0.6 is 0 Å². The highest BCUT2D eigenvalue weighted by atomic mass is 32.2. The Morgan fingerprint density at radius 3 is 2.39 bits per heavy atom. The fourth-order valence-electron chi connectivity index (χ4n) is 2.65. The molecule has 0 unspecified atom stereocenters. The summed E-state index contributed by atoms with van der Waals surface area (Å²) in [6.45, 7) is 2.14. The maximum Gasteiger partial charge on any atom is 0.243 e. The molecule has 1 aliphatic rings. The second-order valence-electron chi connectivity index (χ2n) is 5.29. The number of nitrogens with zero attached hydrogens (tertiary/aromatic N) is 3. The maximum atomic E-state index is 12.7. The molecule has 1 fully saturated rings. The van der Waals surface area contributed by atoms with Crippen LogP contribution in [0.25, 0.3) is 0 Å². The summed E-state index contributed by atoms with van der Waals surface area (Å²) in [7, 11) is -3.55. The highest BCUT2D eigenvalue weighted by molar-refractivity contribution is 7.89. The van der Waals surface area contributed by atoms with E-state index in [1.165, 1.54) is 16.4 Å². The highest BCUT2D eigenvalue weighted by Crippen LogP contribution is 2.21. The lowest BCUT2D eigenvalue weighted by Gasteiger charge is -2.35. The van der Waals surface area contributed by atoms with E-state index < -0.39 is 10.0 Å². The number of hydrogen-bond donors (Lipinski definition) is 0. The van der Waals surface area contributed by atoms with Gasteiger partial charge >= 0.3 is 0 Å². The quantitative estimate of drug-likeness (QED) is 0.864. The summed E-state index contributed by atoms with van der Waals surface area (Å²) >= 11 is 0. The standard InChI is InChI=1S/C17H16N3O2S/c18-14-15-5-4-8-17(13-15)23(21,22)20-11-9-19(10-12-20)16-6-2-1-3-7-16/h2-8,13H,9-12H2. The van der Waals surface area contributed by atoms with Crippen LogP contribution < -0.4 is 4.90 Å². The van der Waals surface area contributed by atoms with Crippen LogP contribution in [0.3, 0.4) is 0 Å². The lowest BCUT2D eigenvalue weighted by molar-refractivity contribution is 0.385. The Morgan fingerprint density at radius 2 is 1.74 bits per heavy atom. The molecular weight excluding hydrogens is 310 g/mol. The predicted molar refractivity (Wildman–Crippen MR) is 87.4 cm³/mol. The van der Waals surface area contributed by atoms with Crippen molar-refractivity contribution in [2.45, 2.75) is 4.90 Å². The summed E-state index contributed by atoms with van der Waals surface area (Å²) in [5.74, 6) is 0. The molecule has 117 valence electrons. The van der Waals surface area contributed by atoms with Crippen molar-refractivity contribution in [2.24, 2.45) is 0 Å². The van der Waals surface area contributed by atoms with E-state index in [4.69, 9.17) is 5.26 Å². The van der Waals surface area contributed by atoms with E-state index in [0.717, 1.165) is 5.69 Å². The summed E-state index contributed by atoms with van der Waals surface area (Å²) in [6, 6.07) is 18.8. The van der Waals surface area contributed by atoms with Crippen molar-refractivity contribution in [2.75, 3.05) is 31.1 Å². The van der Waals surface area contributed by atoms with Gasteiger partial charge in [0.1, 0.15) is 0 Å². The zero-order chi connectivity index (χ0) is 16.3. The van der Waals surface area contributed by atoms with Gasteiger partial charge in [-0.3, -0.25) is 0 Å². The number of nitriles is 1. The molecule has 0 aromatic heterocycles. The van der Waals surface area contributed by atoms with Gasteiger partial charge in [0.2, 0.25) is 10.0 Å². The molecule has 1 saturated heterocycles. The first-order valence-electron chi connectivity index (χ1n) is 7.32. The van der Waals surface area contributed by atoms with Gasteiger partial charge in [-0.25, -0.2) is 8.42 Å². The fourth-order valence-corrected chi connectivity index (χ4v) is 4.12. The Hall–Kier alpha value is -2.36. The normalized spacial score (nSPS) is 16.0. The summed E-state index contributed by atoms with van der Waals surface area (Å²) in [6.07, 6.45) is 0. The van der Waals surface area contributed by atoms with Crippen LogP contribution in [0.1, 0.15) is 5.56 Å².